The van der Waals surface area contributed by atoms with Crippen LogP contribution in [0.4, 0.5) is 0 Å². The largest absolute Gasteiger partial charge is 0.465 e. The molecule has 0 aromatic carbocycles. The molecule has 0 unspecified atom stereocenters. The molecule has 5 heteroatoms. The number of nitrogens with zero attached hydrogens (tertiary/aromatic N) is 1. The molecule has 0 aliphatic rings. The molecule has 0 amide bonds. The Hall–Kier alpha value is -0.810. The fourth-order valence-corrected chi connectivity index (χ4v) is 3.42. The van der Waals surface area contributed by atoms with Crippen molar-refractivity contribution in [1.82, 2.24) is 4.31 Å². The molecular weight excluding hydrogens is 238 g/mol. The zero-order valence-electron chi connectivity index (χ0n) is 10.9. The van der Waals surface area contributed by atoms with Crippen LogP contribution < -0.4 is 0 Å². The number of hydrogen-bond donors (Lipinski definition) is 0. The lowest BCUT2D eigenvalue weighted by Gasteiger charge is -2.24. The maximum Gasteiger partial charge on any atom is 0.214 e. The number of aryl methyl sites for hydroxylation is 1. The number of furan rings is 1. The lowest BCUT2D eigenvalue weighted by atomic mass is 10.3. The van der Waals surface area contributed by atoms with E-state index in [1.165, 1.54) is 4.31 Å². The summed E-state index contributed by atoms with van der Waals surface area (Å²) in [5.41, 5.74) is 0. The van der Waals surface area contributed by atoms with Crippen molar-refractivity contribution in [2.24, 2.45) is 0 Å². The van der Waals surface area contributed by atoms with E-state index in [2.05, 4.69) is 0 Å². The Balaban J connectivity index is 2.87. The molecular formula is C12H21NO3S. The van der Waals surface area contributed by atoms with Gasteiger partial charge in [0, 0.05) is 6.04 Å². The highest BCUT2D eigenvalue weighted by molar-refractivity contribution is 7.89. The lowest BCUT2D eigenvalue weighted by molar-refractivity contribution is 0.314. The van der Waals surface area contributed by atoms with E-state index in [9.17, 15) is 8.42 Å². The van der Waals surface area contributed by atoms with Crippen molar-refractivity contribution in [2.45, 2.75) is 46.7 Å². The monoisotopic (exact) mass is 259 g/mol. The van der Waals surface area contributed by atoms with E-state index in [1.807, 2.05) is 39.8 Å². The summed E-state index contributed by atoms with van der Waals surface area (Å²) < 4.78 is 31.1. The molecule has 0 N–H and O–H groups in total. The van der Waals surface area contributed by atoms with Gasteiger partial charge in [-0.2, -0.15) is 4.31 Å². The predicted molar refractivity (Wildman–Crippen MR) is 68.2 cm³/mol. The van der Waals surface area contributed by atoms with Crippen LogP contribution in [0.15, 0.2) is 16.5 Å². The molecule has 0 atom stereocenters. The van der Waals surface area contributed by atoms with Crippen LogP contribution in [0, 0.1) is 6.92 Å². The second-order valence-corrected chi connectivity index (χ2v) is 6.51. The molecule has 0 radical (unpaired) electrons. The normalized spacial score (nSPS) is 12.6. The fourth-order valence-electron chi connectivity index (χ4n) is 1.70. The van der Waals surface area contributed by atoms with Gasteiger partial charge in [-0.15, -0.1) is 0 Å². The molecule has 0 saturated carbocycles. The summed E-state index contributed by atoms with van der Waals surface area (Å²) in [5, 5.41) is 0. The predicted octanol–water partition coefficient (Wildman–Crippen LogP) is 2.54. The average molecular weight is 259 g/mol. The van der Waals surface area contributed by atoms with Gasteiger partial charge in [-0.3, -0.25) is 0 Å². The van der Waals surface area contributed by atoms with Crippen molar-refractivity contribution < 1.29 is 12.8 Å². The van der Waals surface area contributed by atoms with E-state index in [0.717, 1.165) is 5.76 Å². The van der Waals surface area contributed by atoms with Gasteiger partial charge in [0.2, 0.25) is 10.0 Å². The summed E-state index contributed by atoms with van der Waals surface area (Å²) in [6.45, 7) is 7.79. The van der Waals surface area contributed by atoms with E-state index < -0.39 is 10.0 Å². The number of rotatable bonds is 6. The van der Waals surface area contributed by atoms with Gasteiger partial charge in [0.1, 0.15) is 11.5 Å². The van der Waals surface area contributed by atoms with Gasteiger partial charge in [-0.1, -0.05) is 6.92 Å². The molecule has 1 heterocycles. The van der Waals surface area contributed by atoms with Crippen LogP contribution in [0.5, 0.6) is 0 Å². The highest BCUT2D eigenvalue weighted by Gasteiger charge is 2.25. The van der Waals surface area contributed by atoms with Crippen molar-refractivity contribution in [3.63, 3.8) is 0 Å². The first-order valence-corrected chi connectivity index (χ1v) is 7.52. The SMILES string of the molecule is CCCS(=O)(=O)N(Cc1ccc(C)o1)C(C)C. The second-order valence-electron chi connectivity index (χ2n) is 4.47. The molecule has 17 heavy (non-hydrogen) atoms. The molecule has 0 bridgehead atoms. The van der Waals surface area contributed by atoms with Gasteiger partial charge in [0.25, 0.3) is 0 Å². The molecule has 1 aromatic heterocycles. The van der Waals surface area contributed by atoms with Gasteiger partial charge in [-0.05, 0) is 39.3 Å². The lowest BCUT2D eigenvalue weighted by Crippen LogP contribution is -2.37. The average Bonchev–Trinajstić information content (AvgIpc) is 2.59. The third-order valence-corrected chi connectivity index (χ3v) is 4.69. The summed E-state index contributed by atoms with van der Waals surface area (Å²) in [4.78, 5) is 0. The quantitative estimate of drug-likeness (QED) is 0.789. The van der Waals surface area contributed by atoms with Crippen molar-refractivity contribution in [1.29, 1.82) is 0 Å². The van der Waals surface area contributed by atoms with Gasteiger partial charge in [-0.25, -0.2) is 8.42 Å². The minimum absolute atomic E-state index is 0.0584. The van der Waals surface area contributed by atoms with Crippen molar-refractivity contribution in [2.75, 3.05) is 5.75 Å². The Kier molecular flexibility index (Phi) is 4.77. The molecule has 1 aromatic rings. The Morgan fingerprint density at radius 1 is 1.35 bits per heavy atom. The molecule has 1 rings (SSSR count). The van der Waals surface area contributed by atoms with E-state index in [4.69, 9.17) is 4.42 Å². The molecule has 98 valence electrons. The Morgan fingerprint density at radius 3 is 2.41 bits per heavy atom. The minimum Gasteiger partial charge on any atom is -0.465 e. The maximum absolute atomic E-state index is 12.1. The number of sulfonamides is 1. The molecule has 0 saturated heterocycles. The van der Waals surface area contributed by atoms with Gasteiger partial charge in [0.05, 0.1) is 12.3 Å². The second kappa shape index (κ2) is 5.69. The summed E-state index contributed by atoms with van der Waals surface area (Å²) in [7, 11) is -3.19. The van der Waals surface area contributed by atoms with Crippen LogP contribution in [-0.4, -0.2) is 24.5 Å². The third kappa shape index (κ3) is 3.85. The Labute approximate surface area is 104 Å². The Bertz CT molecular complexity index is 448. The van der Waals surface area contributed by atoms with Crippen molar-refractivity contribution >= 4 is 10.0 Å². The third-order valence-electron chi connectivity index (χ3n) is 2.50. The highest BCUT2D eigenvalue weighted by atomic mass is 32.2. The highest BCUT2D eigenvalue weighted by Crippen LogP contribution is 2.16. The van der Waals surface area contributed by atoms with E-state index >= 15 is 0 Å². The van der Waals surface area contributed by atoms with Crippen LogP contribution >= 0.6 is 0 Å². The number of hydrogen-bond acceptors (Lipinski definition) is 3. The summed E-state index contributed by atoms with van der Waals surface area (Å²) in [5.74, 6) is 1.68. The summed E-state index contributed by atoms with van der Waals surface area (Å²) in [6, 6.07) is 3.61. The molecule has 4 nitrogen and oxygen atoms in total. The van der Waals surface area contributed by atoms with E-state index in [0.29, 0.717) is 18.7 Å². The molecule has 0 aliphatic carbocycles. The van der Waals surface area contributed by atoms with Gasteiger partial charge < -0.3 is 4.42 Å². The van der Waals surface area contributed by atoms with Crippen molar-refractivity contribution in [3.8, 4) is 0 Å². The van der Waals surface area contributed by atoms with Gasteiger partial charge in [0.15, 0.2) is 0 Å². The zero-order chi connectivity index (χ0) is 13.1. The van der Waals surface area contributed by atoms with Crippen LogP contribution in [0.25, 0.3) is 0 Å². The topological polar surface area (TPSA) is 50.5 Å². The first-order valence-electron chi connectivity index (χ1n) is 5.91. The molecule has 0 fully saturated rings. The first kappa shape index (κ1) is 14.3. The van der Waals surface area contributed by atoms with E-state index in [-0.39, 0.29) is 11.8 Å². The summed E-state index contributed by atoms with van der Waals surface area (Å²) >= 11 is 0. The summed E-state index contributed by atoms with van der Waals surface area (Å²) in [6.07, 6.45) is 0.628. The van der Waals surface area contributed by atoms with Crippen molar-refractivity contribution in [3.05, 3.63) is 23.7 Å². The van der Waals surface area contributed by atoms with Crippen LogP contribution in [-0.2, 0) is 16.6 Å². The van der Waals surface area contributed by atoms with Crippen LogP contribution in [0.2, 0.25) is 0 Å². The van der Waals surface area contributed by atoms with E-state index in [1.54, 1.807) is 0 Å². The maximum atomic E-state index is 12.1. The smallest absolute Gasteiger partial charge is 0.214 e. The standard InChI is InChI=1S/C12H21NO3S/c1-5-8-17(14,15)13(10(2)3)9-12-7-6-11(4)16-12/h6-7,10H,5,8-9H2,1-4H3. The van der Waals surface area contributed by atoms with Crippen LogP contribution in [0.3, 0.4) is 0 Å². The Morgan fingerprint density at radius 2 is 2.00 bits per heavy atom. The fraction of sp³-hybridized carbons (Fsp3) is 0.667. The molecule has 0 spiro atoms. The first-order chi connectivity index (χ1) is 7.86. The zero-order valence-corrected chi connectivity index (χ0v) is 11.8. The van der Waals surface area contributed by atoms with Gasteiger partial charge >= 0.3 is 0 Å². The van der Waals surface area contributed by atoms with Crippen LogP contribution in [0.1, 0.15) is 38.7 Å². The minimum atomic E-state index is -3.19. The molecule has 0 aliphatic heterocycles.